The van der Waals surface area contributed by atoms with Crippen LogP contribution in [0.25, 0.3) is 11.4 Å². The molecule has 1 aromatic carbocycles. The molecule has 3 aromatic rings. The summed E-state index contributed by atoms with van der Waals surface area (Å²) < 4.78 is 2.73. The van der Waals surface area contributed by atoms with Crippen molar-refractivity contribution in [1.82, 2.24) is 25.0 Å². The van der Waals surface area contributed by atoms with Crippen molar-refractivity contribution in [3.63, 3.8) is 0 Å². The Labute approximate surface area is 129 Å². The lowest BCUT2D eigenvalue weighted by molar-refractivity contribution is 0.682. The zero-order valence-electron chi connectivity index (χ0n) is 10.5. The molecule has 2 heterocycles. The van der Waals surface area contributed by atoms with E-state index in [0.29, 0.717) is 11.6 Å². The molecular formula is C12H10ClN5S2. The molecule has 102 valence electrons. The lowest BCUT2D eigenvalue weighted by atomic mass is 10.2. The molecule has 0 amide bonds. The number of aromatic nitrogens is 5. The SMILES string of the molecule is CSc1nnc(Cn2ncnc2-c2ccccc2Cl)s1. The summed E-state index contributed by atoms with van der Waals surface area (Å²) in [6, 6.07) is 7.59. The van der Waals surface area contributed by atoms with Crippen LogP contribution in [0, 0.1) is 0 Å². The summed E-state index contributed by atoms with van der Waals surface area (Å²) >= 11 is 9.35. The monoisotopic (exact) mass is 323 g/mol. The van der Waals surface area contributed by atoms with Crippen LogP contribution in [0.2, 0.25) is 5.02 Å². The van der Waals surface area contributed by atoms with Crippen LogP contribution in [0.3, 0.4) is 0 Å². The fourth-order valence-electron chi connectivity index (χ4n) is 1.74. The first-order valence-corrected chi connectivity index (χ1v) is 8.19. The van der Waals surface area contributed by atoms with E-state index in [-0.39, 0.29) is 0 Å². The Morgan fingerprint density at radius 1 is 1.30 bits per heavy atom. The first kappa shape index (κ1) is 13.5. The molecule has 0 radical (unpaired) electrons. The van der Waals surface area contributed by atoms with Crippen LogP contribution < -0.4 is 0 Å². The Morgan fingerprint density at radius 3 is 2.90 bits per heavy atom. The topological polar surface area (TPSA) is 56.5 Å². The molecule has 0 saturated heterocycles. The lowest BCUT2D eigenvalue weighted by Gasteiger charge is -2.05. The van der Waals surface area contributed by atoms with Crippen molar-refractivity contribution in [2.45, 2.75) is 10.9 Å². The second-order valence-electron chi connectivity index (χ2n) is 3.89. The molecule has 20 heavy (non-hydrogen) atoms. The number of hydrogen-bond acceptors (Lipinski definition) is 6. The molecule has 0 saturated carbocycles. The fourth-order valence-corrected chi connectivity index (χ4v) is 3.26. The van der Waals surface area contributed by atoms with Gasteiger partial charge in [0, 0.05) is 5.56 Å². The summed E-state index contributed by atoms with van der Waals surface area (Å²) in [6.45, 7) is 0.540. The Bertz CT molecular complexity index is 724. The second kappa shape index (κ2) is 5.90. The summed E-state index contributed by atoms with van der Waals surface area (Å²) in [6.07, 6.45) is 3.50. The van der Waals surface area contributed by atoms with Gasteiger partial charge in [-0.05, 0) is 18.4 Å². The first-order chi connectivity index (χ1) is 9.78. The highest BCUT2D eigenvalue weighted by molar-refractivity contribution is 8.00. The molecule has 0 N–H and O–H groups in total. The maximum absolute atomic E-state index is 6.21. The number of halogens is 1. The molecule has 0 fully saturated rings. The highest BCUT2D eigenvalue weighted by Gasteiger charge is 2.12. The van der Waals surface area contributed by atoms with Crippen molar-refractivity contribution in [2.75, 3.05) is 6.26 Å². The smallest absolute Gasteiger partial charge is 0.174 e. The van der Waals surface area contributed by atoms with Crippen LogP contribution in [0.15, 0.2) is 34.9 Å². The van der Waals surface area contributed by atoms with E-state index in [9.17, 15) is 0 Å². The maximum atomic E-state index is 6.21. The van der Waals surface area contributed by atoms with Crippen molar-refractivity contribution in [1.29, 1.82) is 0 Å². The zero-order valence-corrected chi connectivity index (χ0v) is 12.9. The van der Waals surface area contributed by atoms with E-state index in [4.69, 9.17) is 11.6 Å². The van der Waals surface area contributed by atoms with Gasteiger partial charge in [0.15, 0.2) is 10.2 Å². The summed E-state index contributed by atoms with van der Waals surface area (Å²) in [5, 5.41) is 14.0. The number of nitrogens with zero attached hydrogens (tertiary/aromatic N) is 5. The number of hydrogen-bond donors (Lipinski definition) is 0. The molecule has 0 spiro atoms. The van der Waals surface area contributed by atoms with Crippen LogP contribution >= 0.6 is 34.7 Å². The minimum absolute atomic E-state index is 0.540. The summed E-state index contributed by atoms with van der Waals surface area (Å²) in [7, 11) is 0. The van der Waals surface area contributed by atoms with E-state index < -0.39 is 0 Å². The summed E-state index contributed by atoms with van der Waals surface area (Å²) in [5.74, 6) is 0.733. The quantitative estimate of drug-likeness (QED) is 0.690. The van der Waals surface area contributed by atoms with Crippen molar-refractivity contribution < 1.29 is 0 Å². The van der Waals surface area contributed by atoms with E-state index in [0.717, 1.165) is 20.7 Å². The summed E-state index contributed by atoms with van der Waals surface area (Å²) in [5.41, 5.74) is 0.862. The molecule has 3 rings (SSSR count). The van der Waals surface area contributed by atoms with E-state index >= 15 is 0 Å². The molecule has 0 aliphatic carbocycles. The van der Waals surface area contributed by atoms with E-state index in [2.05, 4.69) is 20.3 Å². The van der Waals surface area contributed by atoms with Gasteiger partial charge in [0.1, 0.15) is 11.3 Å². The normalized spacial score (nSPS) is 10.9. The van der Waals surface area contributed by atoms with E-state index in [1.165, 1.54) is 6.33 Å². The van der Waals surface area contributed by atoms with Gasteiger partial charge in [0.05, 0.1) is 11.6 Å². The van der Waals surface area contributed by atoms with E-state index in [1.54, 1.807) is 27.8 Å². The standard InChI is InChI=1S/C12H10ClN5S2/c1-19-12-17-16-10(20-12)6-18-11(14-7-15-18)8-4-2-3-5-9(8)13/h2-5,7H,6H2,1H3. The first-order valence-electron chi connectivity index (χ1n) is 5.77. The molecular weight excluding hydrogens is 314 g/mol. The molecule has 0 aliphatic rings. The number of benzene rings is 1. The average molecular weight is 324 g/mol. The van der Waals surface area contributed by atoms with E-state index in [1.807, 2.05) is 30.5 Å². The molecule has 0 bridgehead atoms. The predicted molar refractivity (Wildman–Crippen MR) is 81.3 cm³/mol. The van der Waals surface area contributed by atoms with Gasteiger partial charge in [0.2, 0.25) is 0 Å². The lowest BCUT2D eigenvalue weighted by Crippen LogP contribution is -2.04. The van der Waals surface area contributed by atoms with Gasteiger partial charge in [-0.15, -0.1) is 10.2 Å². The largest absolute Gasteiger partial charge is 0.239 e. The van der Waals surface area contributed by atoms with Gasteiger partial charge in [-0.3, -0.25) is 0 Å². The van der Waals surface area contributed by atoms with Crippen LogP contribution in [0.5, 0.6) is 0 Å². The minimum Gasteiger partial charge on any atom is -0.239 e. The van der Waals surface area contributed by atoms with Crippen LogP contribution in [-0.4, -0.2) is 31.2 Å². The third-order valence-corrected chi connectivity index (χ3v) is 4.85. The van der Waals surface area contributed by atoms with Crippen molar-refractivity contribution in [2.24, 2.45) is 0 Å². The van der Waals surface area contributed by atoms with Crippen molar-refractivity contribution >= 4 is 34.7 Å². The van der Waals surface area contributed by atoms with Crippen LogP contribution in [0.1, 0.15) is 5.01 Å². The Kier molecular flexibility index (Phi) is 4.00. The highest BCUT2D eigenvalue weighted by Crippen LogP contribution is 2.26. The third-order valence-electron chi connectivity index (χ3n) is 2.64. The Balaban J connectivity index is 1.92. The fraction of sp³-hybridized carbons (Fsp3) is 0.167. The minimum atomic E-state index is 0.540. The molecule has 0 aliphatic heterocycles. The molecule has 0 unspecified atom stereocenters. The highest BCUT2D eigenvalue weighted by atomic mass is 35.5. The van der Waals surface area contributed by atoms with Crippen molar-refractivity contribution in [3.05, 3.63) is 40.6 Å². The number of thioether (sulfide) groups is 1. The van der Waals surface area contributed by atoms with Crippen LogP contribution in [-0.2, 0) is 6.54 Å². The molecule has 8 heteroatoms. The van der Waals surface area contributed by atoms with Gasteiger partial charge < -0.3 is 0 Å². The predicted octanol–water partition coefficient (Wildman–Crippen LogP) is 3.22. The zero-order chi connectivity index (χ0) is 13.9. The van der Waals surface area contributed by atoms with Gasteiger partial charge >= 0.3 is 0 Å². The average Bonchev–Trinajstić information content (AvgIpc) is 3.09. The van der Waals surface area contributed by atoms with Gasteiger partial charge in [-0.2, -0.15) is 5.10 Å². The van der Waals surface area contributed by atoms with Gasteiger partial charge in [0.25, 0.3) is 0 Å². The van der Waals surface area contributed by atoms with Gasteiger partial charge in [-0.1, -0.05) is 46.8 Å². The summed E-state index contributed by atoms with van der Waals surface area (Å²) in [4.78, 5) is 4.29. The number of rotatable bonds is 4. The third kappa shape index (κ3) is 2.70. The molecule has 0 atom stereocenters. The Hall–Kier alpha value is -1.44. The van der Waals surface area contributed by atoms with Crippen LogP contribution in [0.4, 0.5) is 0 Å². The van der Waals surface area contributed by atoms with Crippen molar-refractivity contribution in [3.8, 4) is 11.4 Å². The second-order valence-corrected chi connectivity index (χ2v) is 6.41. The Morgan fingerprint density at radius 2 is 2.15 bits per heavy atom. The molecule has 5 nitrogen and oxygen atoms in total. The molecule has 2 aromatic heterocycles. The maximum Gasteiger partial charge on any atom is 0.174 e. The van der Waals surface area contributed by atoms with Gasteiger partial charge in [-0.25, -0.2) is 9.67 Å².